The Labute approximate surface area is 92.8 Å². The zero-order valence-electron chi connectivity index (χ0n) is 8.69. The van der Waals surface area contributed by atoms with Gasteiger partial charge in [-0.15, -0.1) is 0 Å². The molecule has 3 rings (SSSR count). The van der Waals surface area contributed by atoms with Gasteiger partial charge in [0, 0.05) is 12.3 Å². The number of hydrogen-bond acceptors (Lipinski definition) is 4. The van der Waals surface area contributed by atoms with Crippen LogP contribution in [0.4, 0.5) is 0 Å². The van der Waals surface area contributed by atoms with Crippen molar-refractivity contribution in [2.24, 2.45) is 0 Å². The fraction of sp³-hybridized carbons (Fsp3) is 0.600. The lowest BCUT2D eigenvalue weighted by molar-refractivity contribution is 0.589. The number of aromatic amines is 1. The second-order valence-electron chi connectivity index (χ2n) is 4.49. The third kappa shape index (κ3) is 1.67. The first-order valence-electron chi connectivity index (χ1n) is 5.37. The van der Waals surface area contributed by atoms with Crippen LogP contribution in [0.5, 0.6) is 0 Å². The first-order chi connectivity index (χ1) is 7.55. The molecule has 0 bridgehead atoms. The summed E-state index contributed by atoms with van der Waals surface area (Å²) in [6.07, 6.45) is 2.52. The summed E-state index contributed by atoms with van der Waals surface area (Å²) in [7, 11) is -3.10. The molecule has 0 amide bonds. The van der Waals surface area contributed by atoms with E-state index < -0.39 is 9.84 Å². The van der Waals surface area contributed by atoms with Crippen LogP contribution in [0.2, 0.25) is 0 Å². The summed E-state index contributed by atoms with van der Waals surface area (Å²) in [5, 5.41) is 0. The van der Waals surface area contributed by atoms with Crippen LogP contribution in [-0.4, -0.2) is 24.1 Å². The first kappa shape index (κ1) is 10.0. The monoisotopic (exact) mass is 240 g/mol. The average Bonchev–Trinajstić information content (AvgIpc) is 3.01. The van der Waals surface area contributed by atoms with Crippen LogP contribution in [-0.2, 0) is 22.0 Å². The van der Waals surface area contributed by atoms with Gasteiger partial charge in [0.15, 0.2) is 9.84 Å². The standard InChI is InChI=1S/C10H12N2O3S/c13-10-7-5-16(14,15)4-3-8(7)11-9(12-10)6-1-2-6/h6H,1-5H2,(H,11,12,13). The normalized spacial score (nSPS) is 22.8. The maximum atomic E-state index is 11.7. The minimum absolute atomic E-state index is 0.112. The van der Waals surface area contributed by atoms with E-state index in [9.17, 15) is 13.2 Å². The molecule has 0 aromatic carbocycles. The van der Waals surface area contributed by atoms with Crippen LogP contribution in [0.15, 0.2) is 4.79 Å². The number of H-pyrrole nitrogens is 1. The lowest BCUT2D eigenvalue weighted by Crippen LogP contribution is -2.29. The molecule has 1 aliphatic carbocycles. The minimum atomic E-state index is -3.10. The van der Waals surface area contributed by atoms with Gasteiger partial charge in [0.2, 0.25) is 0 Å². The Bertz CT molecular complexity index is 599. The molecule has 2 heterocycles. The van der Waals surface area contributed by atoms with Crippen LogP contribution in [0.25, 0.3) is 0 Å². The van der Waals surface area contributed by atoms with E-state index in [0.717, 1.165) is 18.7 Å². The SMILES string of the molecule is O=c1[nH]c(C2CC2)nc2c1CS(=O)(=O)CC2. The van der Waals surface area contributed by atoms with Crippen molar-refractivity contribution in [3.05, 3.63) is 27.4 Å². The molecule has 5 nitrogen and oxygen atoms in total. The molecule has 16 heavy (non-hydrogen) atoms. The van der Waals surface area contributed by atoms with E-state index in [1.165, 1.54) is 0 Å². The Hall–Kier alpha value is -1.17. The minimum Gasteiger partial charge on any atom is -0.310 e. The first-order valence-corrected chi connectivity index (χ1v) is 7.20. The topological polar surface area (TPSA) is 79.9 Å². The number of aromatic nitrogens is 2. The van der Waals surface area contributed by atoms with Gasteiger partial charge in [-0.05, 0) is 12.8 Å². The van der Waals surface area contributed by atoms with Gasteiger partial charge in [0.25, 0.3) is 5.56 Å². The lowest BCUT2D eigenvalue weighted by Gasteiger charge is -2.15. The van der Waals surface area contributed by atoms with Crippen molar-refractivity contribution in [2.75, 3.05) is 5.75 Å². The zero-order valence-corrected chi connectivity index (χ0v) is 9.51. The largest absolute Gasteiger partial charge is 0.310 e. The van der Waals surface area contributed by atoms with Gasteiger partial charge < -0.3 is 4.98 Å². The van der Waals surface area contributed by atoms with E-state index in [1.807, 2.05) is 0 Å². The number of hydrogen-bond donors (Lipinski definition) is 1. The number of aryl methyl sites for hydroxylation is 1. The van der Waals surface area contributed by atoms with Crippen molar-refractivity contribution >= 4 is 9.84 Å². The Kier molecular flexibility index (Phi) is 1.98. The van der Waals surface area contributed by atoms with Crippen LogP contribution < -0.4 is 5.56 Å². The molecule has 1 N–H and O–H groups in total. The highest BCUT2D eigenvalue weighted by Gasteiger charge is 2.30. The summed E-state index contributed by atoms with van der Waals surface area (Å²) in [6, 6.07) is 0. The fourth-order valence-corrected chi connectivity index (χ4v) is 3.40. The molecule has 6 heteroatoms. The van der Waals surface area contributed by atoms with Gasteiger partial charge in [-0.3, -0.25) is 4.79 Å². The summed E-state index contributed by atoms with van der Waals surface area (Å²) in [6.45, 7) is 0. The van der Waals surface area contributed by atoms with Crippen molar-refractivity contribution < 1.29 is 8.42 Å². The van der Waals surface area contributed by atoms with Crippen molar-refractivity contribution in [1.82, 2.24) is 9.97 Å². The number of rotatable bonds is 1. The van der Waals surface area contributed by atoms with Crippen molar-refractivity contribution in [1.29, 1.82) is 0 Å². The summed E-state index contributed by atoms with van der Waals surface area (Å²) in [4.78, 5) is 18.8. The van der Waals surface area contributed by atoms with Gasteiger partial charge in [0.1, 0.15) is 5.82 Å². The predicted molar refractivity (Wildman–Crippen MR) is 58.0 cm³/mol. The number of fused-ring (bicyclic) bond motifs is 1. The van der Waals surface area contributed by atoms with E-state index in [-0.39, 0.29) is 17.1 Å². The quantitative estimate of drug-likeness (QED) is 0.756. The second-order valence-corrected chi connectivity index (χ2v) is 6.68. The van der Waals surface area contributed by atoms with Crippen molar-refractivity contribution in [2.45, 2.75) is 30.9 Å². The maximum absolute atomic E-state index is 11.7. The predicted octanol–water partition coefficient (Wildman–Crippen LogP) is 0.118. The van der Waals surface area contributed by atoms with Gasteiger partial charge in [0.05, 0.1) is 22.8 Å². The Morgan fingerprint density at radius 2 is 2.06 bits per heavy atom. The molecule has 0 radical (unpaired) electrons. The Morgan fingerprint density at radius 3 is 2.75 bits per heavy atom. The highest BCUT2D eigenvalue weighted by atomic mass is 32.2. The molecule has 0 atom stereocenters. The second kappa shape index (κ2) is 3.16. The molecule has 0 saturated heterocycles. The number of nitrogens with zero attached hydrogens (tertiary/aromatic N) is 1. The third-order valence-corrected chi connectivity index (χ3v) is 4.65. The molecular formula is C10H12N2O3S. The van der Waals surface area contributed by atoms with E-state index in [2.05, 4.69) is 9.97 Å². The molecule has 1 aromatic heterocycles. The van der Waals surface area contributed by atoms with Crippen LogP contribution in [0.3, 0.4) is 0 Å². The van der Waals surface area contributed by atoms with Crippen LogP contribution >= 0.6 is 0 Å². The van der Waals surface area contributed by atoms with Crippen molar-refractivity contribution in [3.8, 4) is 0 Å². The third-order valence-electron chi connectivity index (χ3n) is 3.10. The van der Waals surface area contributed by atoms with Gasteiger partial charge >= 0.3 is 0 Å². The Morgan fingerprint density at radius 1 is 1.31 bits per heavy atom. The molecule has 1 aromatic rings. The molecule has 86 valence electrons. The number of nitrogens with one attached hydrogen (secondary N) is 1. The molecule has 1 aliphatic heterocycles. The summed E-state index contributed by atoms with van der Waals surface area (Å²) in [5.74, 6) is 1.08. The smallest absolute Gasteiger partial charge is 0.255 e. The molecule has 2 aliphatic rings. The summed E-state index contributed by atoms with van der Waals surface area (Å²) < 4.78 is 22.8. The van der Waals surface area contributed by atoms with E-state index in [4.69, 9.17) is 0 Å². The summed E-state index contributed by atoms with van der Waals surface area (Å²) >= 11 is 0. The maximum Gasteiger partial charge on any atom is 0.255 e. The lowest BCUT2D eigenvalue weighted by atomic mass is 10.2. The molecule has 1 fully saturated rings. The van der Waals surface area contributed by atoms with Crippen molar-refractivity contribution in [3.63, 3.8) is 0 Å². The highest BCUT2D eigenvalue weighted by molar-refractivity contribution is 7.90. The molecule has 0 spiro atoms. The Balaban J connectivity index is 2.12. The summed E-state index contributed by atoms with van der Waals surface area (Å²) in [5.41, 5.74) is 0.756. The molecule has 0 unspecified atom stereocenters. The molecular weight excluding hydrogens is 228 g/mol. The number of sulfone groups is 1. The zero-order chi connectivity index (χ0) is 11.3. The van der Waals surface area contributed by atoms with Crippen LogP contribution in [0.1, 0.15) is 35.8 Å². The highest BCUT2D eigenvalue weighted by Crippen LogP contribution is 2.37. The van der Waals surface area contributed by atoms with Gasteiger partial charge in [-0.1, -0.05) is 0 Å². The van der Waals surface area contributed by atoms with Crippen LogP contribution in [0, 0.1) is 0 Å². The average molecular weight is 240 g/mol. The van der Waals surface area contributed by atoms with E-state index in [1.54, 1.807) is 0 Å². The molecule has 1 saturated carbocycles. The van der Waals surface area contributed by atoms with E-state index in [0.29, 0.717) is 23.6 Å². The van der Waals surface area contributed by atoms with Gasteiger partial charge in [-0.25, -0.2) is 13.4 Å². The van der Waals surface area contributed by atoms with E-state index >= 15 is 0 Å². The fourth-order valence-electron chi connectivity index (χ4n) is 2.01. The van der Waals surface area contributed by atoms with Gasteiger partial charge in [-0.2, -0.15) is 0 Å².